The van der Waals surface area contributed by atoms with Gasteiger partial charge in [-0.15, -0.1) is 11.3 Å². The van der Waals surface area contributed by atoms with Gasteiger partial charge in [-0.3, -0.25) is 4.90 Å². The van der Waals surface area contributed by atoms with E-state index in [1.807, 2.05) is 24.3 Å². The van der Waals surface area contributed by atoms with Crippen LogP contribution in [0, 0.1) is 17.8 Å². The molecule has 7 rings (SSSR count). The molecule has 3 aromatic heterocycles. The number of aromatic nitrogens is 2. The Morgan fingerprint density at radius 3 is 2.73 bits per heavy atom. The van der Waals surface area contributed by atoms with Crippen LogP contribution in [-0.2, 0) is 0 Å². The summed E-state index contributed by atoms with van der Waals surface area (Å²) in [4.78, 5) is 28.9. The van der Waals surface area contributed by atoms with E-state index in [0.29, 0.717) is 11.4 Å². The van der Waals surface area contributed by atoms with Crippen LogP contribution in [0.5, 0.6) is 11.5 Å². The number of H-pyrrole nitrogens is 1. The number of hydrogen-bond acceptors (Lipinski definition) is 6. The summed E-state index contributed by atoms with van der Waals surface area (Å²) in [6.07, 6.45) is 6.56. The maximum atomic E-state index is 14.2. The Labute approximate surface area is 282 Å². The number of benzene rings is 2. The predicted octanol–water partition coefficient (Wildman–Crippen LogP) is 9.26. The molecule has 1 aliphatic heterocycles. The summed E-state index contributed by atoms with van der Waals surface area (Å²) >= 11 is 1.70. The Bertz CT molecular complexity index is 2080. The molecule has 0 radical (unpaired) electrons. The van der Waals surface area contributed by atoms with Gasteiger partial charge in [-0.05, 0) is 95.3 Å². The highest BCUT2D eigenvalue weighted by Crippen LogP contribution is 2.46. The van der Waals surface area contributed by atoms with Crippen LogP contribution in [0.25, 0.3) is 32.6 Å². The molecular weight excluding hydrogens is 626 g/mol. The molecule has 1 aliphatic carbocycles. The number of carboxylic acid groups (broad SMARTS) is 1. The number of carbonyl (C=O) groups is 1. The van der Waals surface area contributed by atoms with Gasteiger partial charge in [0.25, 0.3) is 0 Å². The van der Waals surface area contributed by atoms with E-state index in [2.05, 4.69) is 49.9 Å². The van der Waals surface area contributed by atoms with Gasteiger partial charge in [-0.2, -0.15) is 0 Å². The number of rotatable bonds is 8. The van der Waals surface area contributed by atoms with Crippen molar-refractivity contribution >= 4 is 45.3 Å². The van der Waals surface area contributed by atoms with Crippen molar-refractivity contribution in [3.63, 3.8) is 0 Å². The Morgan fingerprint density at radius 1 is 1.10 bits per heavy atom. The van der Waals surface area contributed by atoms with Gasteiger partial charge in [0.05, 0.1) is 12.8 Å². The summed E-state index contributed by atoms with van der Waals surface area (Å²) in [7, 11) is 0. The number of nitrogens with one attached hydrogen (secondary N) is 1. The average Bonchev–Trinajstić information content (AvgIpc) is 3.76. The third kappa shape index (κ3) is 6.70. The van der Waals surface area contributed by atoms with Crippen molar-refractivity contribution < 1.29 is 19.0 Å². The molecule has 48 heavy (non-hydrogen) atoms. The molecule has 4 heterocycles. The average molecular weight is 662 g/mol. The lowest BCUT2D eigenvalue weighted by Crippen LogP contribution is -2.47. The number of halogens is 1. The summed E-state index contributed by atoms with van der Waals surface area (Å²) in [5, 5.41) is 12.8. The maximum Gasteiger partial charge on any atom is 0.339 e. The van der Waals surface area contributed by atoms with Crippen LogP contribution >= 0.6 is 11.3 Å². The maximum absolute atomic E-state index is 14.2. The number of thiophene rings is 1. The standard InChI is InChI=1S/C38H36FN5O3S/c1-38(2)8-6-25(33(20-38)35-17-27(23-48-35)26-14-28(39)18-29(15-26)40-3)22-43-10-12-44(13-11-43)30-4-5-32(37(45)46)34(19-30)47-31-16-24-7-9-41-36(24)42-21-31/h4-5,7,9,14-19,21,23H,6,8,10-13,20,22H2,1-2H3,(H,41,42)(H,45,46). The Hall–Kier alpha value is -4.98. The quantitative estimate of drug-likeness (QED) is 0.161. The normalized spacial score (nSPS) is 16.7. The molecule has 1 fully saturated rings. The summed E-state index contributed by atoms with van der Waals surface area (Å²) in [6, 6.07) is 15.7. The minimum Gasteiger partial charge on any atom is -0.478 e. The molecule has 0 saturated carbocycles. The van der Waals surface area contributed by atoms with Crippen LogP contribution < -0.4 is 9.64 Å². The fourth-order valence-corrected chi connectivity index (χ4v) is 7.74. The van der Waals surface area contributed by atoms with Crippen molar-refractivity contribution in [2.75, 3.05) is 37.6 Å². The minimum atomic E-state index is -1.04. The molecule has 0 bridgehead atoms. The second-order valence-corrected chi connectivity index (χ2v) is 14.3. The molecule has 0 spiro atoms. The first-order valence-electron chi connectivity index (χ1n) is 16.1. The zero-order valence-electron chi connectivity index (χ0n) is 26.9. The highest BCUT2D eigenvalue weighted by molar-refractivity contribution is 7.11. The molecule has 0 amide bonds. The van der Waals surface area contributed by atoms with E-state index >= 15 is 0 Å². The van der Waals surface area contributed by atoms with E-state index in [9.17, 15) is 14.3 Å². The fraction of sp³-hybridized carbons (Fsp3) is 0.289. The first-order chi connectivity index (χ1) is 23.1. The van der Waals surface area contributed by atoms with Crippen LogP contribution in [0.4, 0.5) is 15.8 Å². The highest BCUT2D eigenvalue weighted by atomic mass is 32.1. The van der Waals surface area contributed by atoms with Crippen molar-refractivity contribution in [3.05, 3.63) is 106 Å². The van der Waals surface area contributed by atoms with Crippen molar-refractivity contribution in [1.29, 1.82) is 0 Å². The van der Waals surface area contributed by atoms with Gasteiger partial charge in [0.15, 0.2) is 5.69 Å². The highest BCUT2D eigenvalue weighted by Gasteiger charge is 2.30. The van der Waals surface area contributed by atoms with E-state index in [4.69, 9.17) is 11.3 Å². The lowest BCUT2D eigenvalue weighted by atomic mass is 9.73. The van der Waals surface area contributed by atoms with E-state index in [1.165, 1.54) is 28.2 Å². The van der Waals surface area contributed by atoms with Crippen LogP contribution in [0.3, 0.4) is 0 Å². The number of aromatic carboxylic acids is 1. The first-order valence-corrected chi connectivity index (χ1v) is 17.0. The van der Waals surface area contributed by atoms with Crippen molar-refractivity contribution in [1.82, 2.24) is 14.9 Å². The molecule has 244 valence electrons. The van der Waals surface area contributed by atoms with Crippen molar-refractivity contribution in [3.8, 4) is 22.6 Å². The largest absolute Gasteiger partial charge is 0.478 e. The number of anilines is 1. The Kier molecular flexibility index (Phi) is 8.50. The Morgan fingerprint density at radius 2 is 1.94 bits per heavy atom. The molecule has 2 aromatic carbocycles. The minimum absolute atomic E-state index is 0.104. The van der Waals surface area contributed by atoms with E-state index < -0.39 is 11.8 Å². The van der Waals surface area contributed by atoms with Crippen LogP contribution in [-0.4, -0.2) is 58.7 Å². The third-order valence-corrected chi connectivity index (χ3v) is 10.4. The van der Waals surface area contributed by atoms with Crippen LogP contribution in [0.15, 0.2) is 77.9 Å². The van der Waals surface area contributed by atoms with E-state index in [0.717, 1.165) is 79.8 Å². The van der Waals surface area contributed by atoms with Crippen LogP contribution in [0.1, 0.15) is 48.3 Å². The number of aromatic amines is 1. The topological polar surface area (TPSA) is 86.1 Å². The van der Waals surface area contributed by atoms with Crippen molar-refractivity contribution in [2.24, 2.45) is 5.41 Å². The van der Waals surface area contributed by atoms with E-state index in [1.54, 1.807) is 35.9 Å². The van der Waals surface area contributed by atoms with E-state index in [-0.39, 0.29) is 16.7 Å². The monoisotopic (exact) mass is 661 g/mol. The summed E-state index contributed by atoms with van der Waals surface area (Å²) in [5.41, 5.74) is 6.82. The van der Waals surface area contributed by atoms with Gasteiger partial charge in [-0.1, -0.05) is 19.4 Å². The Balaban J connectivity index is 1.07. The summed E-state index contributed by atoms with van der Waals surface area (Å²) in [6.45, 7) is 16.3. The van der Waals surface area contributed by atoms with Gasteiger partial charge in [0.1, 0.15) is 28.5 Å². The molecule has 2 aliphatic rings. The molecule has 8 nitrogen and oxygen atoms in total. The number of ether oxygens (including phenoxy) is 1. The first kappa shape index (κ1) is 31.6. The van der Waals surface area contributed by atoms with Gasteiger partial charge in [0, 0.05) is 60.9 Å². The lowest BCUT2D eigenvalue weighted by molar-refractivity contribution is 0.0694. The third-order valence-electron chi connectivity index (χ3n) is 9.38. The number of fused-ring (bicyclic) bond motifs is 1. The molecule has 1 saturated heterocycles. The smallest absolute Gasteiger partial charge is 0.339 e. The molecule has 0 unspecified atom stereocenters. The zero-order valence-corrected chi connectivity index (χ0v) is 27.7. The second-order valence-electron chi connectivity index (χ2n) is 13.4. The molecular formula is C38H36FN5O3S. The lowest BCUT2D eigenvalue weighted by Gasteiger charge is -2.39. The van der Waals surface area contributed by atoms with Gasteiger partial charge >= 0.3 is 5.97 Å². The summed E-state index contributed by atoms with van der Waals surface area (Å²) < 4.78 is 20.3. The molecule has 5 aromatic rings. The summed E-state index contributed by atoms with van der Waals surface area (Å²) in [5.74, 6) is -0.665. The fourth-order valence-electron chi connectivity index (χ4n) is 6.72. The number of carboxylic acids is 1. The SMILES string of the molecule is [C-]#[N+]c1cc(F)cc(-c2csc(C3=C(CN4CCN(c5ccc(C(=O)O)c(Oc6cnc7[nH]ccc7c6)c5)CC4)CCC(C)(C)C3)c2)c1. The number of allylic oxidation sites excluding steroid dienone is 1. The molecule has 0 atom stereocenters. The van der Waals surface area contributed by atoms with Crippen molar-refractivity contribution in [2.45, 2.75) is 33.1 Å². The van der Waals surface area contributed by atoms with Gasteiger partial charge < -0.3 is 19.7 Å². The van der Waals surface area contributed by atoms with Gasteiger partial charge in [0.2, 0.25) is 0 Å². The molecule has 10 heteroatoms. The number of piperazine rings is 1. The van der Waals surface area contributed by atoms with Crippen LogP contribution in [0.2, 0.25) is 0 Å². The predicted molar refractivity (Wildman–Crippen MR) is 189 cm³/mol. The number of hydrogen-bond donors (Lipinski definition) is 2. The second kappa shape index (κ2) is 12.9. The van der Waals surface area contributed by atoms with Gasteiger partial charge in [-0.25, -0.2) is 19.0 Å². The zero-order chi connectivity index (χ0) is 33.4. The number of pyridine rings is 1. The number of nitrogens with zero attached hydrogens (tertiary/aromatic N) is 4. The molecule has 2 N–H and O–H groups in total.